The number of aliphatic hydroxyl groups is 1. The number of rotatable bonds is 5. The molecule has 0 bridgehead atoms. The molecule has 10 nitrogen and oxygen atoms in total. The molecule has 0 unspecified atom stereocenters. The number of carboxylic acid groups (broad SMARTS) is 1. The number of nitrogens with two attached hydrogens (primary N) is 1. The number of nitrogen functional groups attached to an aromatic ring is 1. The molecule has 30 heavy (non-hydrogen) atoms. The number of benzene rings is 1. The Morgan fingerprint density at radius 2 is 1.97 bits per heavy atom. The van der Waals surface area contributed by atoms with Gasteiger partial charge in [0.15, 0.2) is 16.5 Å². The number of carboxylic acids is 1. The smallest absolute Gasteiger partial charge is 0.343 e. The molecule has 0 radical (unpaired) electrons. The van der Waals surface area contributed by atoms with Crippen LogP contribution in [0.5, 0.6) is 0 Å². The third-order valence-corrected chi connectivity index (χ3v) is 4.73. The molecule has 152 valence electrons. The summed E-state index contributed by atoms with van der Waals surface area (Å²) in [5.41, 5.74) is 5.39. The van der Waals surface area contributed by atoms with Crippen molar-refractivity contribution in [3.8, 4) is 11.3 Å². The number of nitrogens with one attached hydrogen (secondary N) is 1. The van der Waals surface area contributed by atoms with E-state index in [0.29, 0.717) is 27.6 Å². The molecule has 0 aliphatic heterocycles. The second kappa shape index (κ2) is 7.25. The van der Waals surface area contributed by atoms with Crippen LogP contribution in [0.25, 0.3) is 16.9 Å². The molecule has 11 heteroatoms. The standard InChI is InChI=1S/C19H16ClN7O3/c1-19(30,25-17-14(18(28)29)16(21)23-9-24-17)11-7-13-22-8-12(20)27(13)26-15(11)10-5-3-2-4-6-10/h2-9,30H,1H3,(H,28,29)(H3,21,23,24,25)/t19-/m0/s1. The lowest BCUT2D eigenvalue weighted by Crippen LogP contribution is -2.34. The first-order valence-corrected chi connectivity index (χ1v) is 9.10. The Balaban J connectivity index is 1.90. The summed E-state index contributed by atoms with van der Waals surface area (Å²) in [6.45, 7) is 1.45. The number of hydrogen-bond donors (Lipinski definition) is 4. The molecule has 5 N–H and O–H groups in total. The van der Waals surface area contributed by atoms with Crippen molar-refractivity contribution in [3.05, 3.63) is 65.2 Å². The Hall–Kier alpha value is -3.76. The predicted octanol–water partition coefficient (Wildman–Crippen LogP) is 2.40. The van der Waals surface area contributed by atoms with Crippen LogP contribution in [0, 0.1) is 0 Å². The van der Waals surface area contributed by atoms with Crippen LogP contribution < -0.4 is 11.1 Å². The second-order valence-corrected chi connectivity index (χ2v) is 7.00. The van der Waals surface area contributed by atoms with Gasteiger partial charge in [-0.2, -0.15) is 5.10 Å². The van der Waals surface area contributed by atoms with E-state index in [1.165, 1.54) is 17.6 Å². The molecular formula is C19H16ClN7O3. The van der Waals surface area contributed by atoms with Gasteiger partial charge in [0.25, 0.3) is 0 Å². The topological polar surface area (TPSA) is 152 Å². The van der Waals surface area contributed by atoms with Gasteiger partial charge in [-0.05, 0) is 13.0 Å². The molecule has 0 aliphatic carbocycles. The summed E-state index contributed by atoms with van der Waals surface area (Å²) >= 11 is 6.17. The monoisotopic (exact) mass is 425 g/mol. The second-order valence-electron chi connectivity index (χ2n) is 6.61. The van der Waals surface area contributed by atoms with E-state index >= 15 is 0 Å². The van der Waals surface area contributed by atoms with E-state index in [-0.39, 0.29) is 17.2 Å². The van der Waals surface area contributed by atoms with Crippen molar-refractivity contribution in [2.75, 3.05) is 11.1 Å². The van der Waals surface area contributed by atoms with Crippen LogP contribution in [0.15, 0.2) is 48.9 Å². The van der Waals surface area contributed by atoms with Gasteiger partial charge in [0.2, 0.25) is 0 Å². The summed E-state index contributed by atoms with van der Waals surface area (Å²) in [6, 6.07) is 10.8. The van der Waals surface area contributed by atoms with Gasteiger partial charge in [0.1, 0.15) is 23.5 Å². The summed E-state index contributed by atoms with van der Waals surface area (Å²) in [5.74, 6) is -1.70. The lowest BCUT2D eigenvalue weighted by molar-refractivity contribution is 0.0695. The highest BCUT2D eigenvalue weighted by Gasteiger charge is 2.31. The van der Waals surface area contributed by atoms with Gasteiger partial charge >= 0.3 is 5.97 Å². The van der Waals surface area contributed by atoms with Crippen molar-refractivity contribution in [2.45, 2.75) is 12.6 Å². The van der Waals surface area contributed by atoms with Crippen LogP contribution in [-0.4, -0.2) is 40.7 Å². The van der Waals surface area contributed by atoms with Crippen molar-refractivity contribution in [2.24, 2.45) is 0 Å². The third kappa shape index (κ3) is 3.38. The lowest BCUT2D eigenvalue weighted by Gasteiger charge is -2.28. The molecule has 0 saturated heterocycles. The van der Waals surface area contributed by atoms with E-state index in [2.05, 4.69) is 25.4 Å². The molecule has 4 rings (SSSR count). The van der Waals surface area contributed by atoms with E-state index in [4.69, 9.17) is 17.3 Å². The summed E-state index contributed by atoms with van der Waals surface area (Å²) in [7, 11) is 0. The highest BCUT2D eigenvalue weighted by molar-refractivity contribution is 6.29. The lowest BCUT2D eigenvalue weighted by atomic mass is 9.98. The fraction of sp³-hybridized carbons (Fsp3) is 0.105. The number of imidazole rings is 1. The number of aromatic carboxylic acids is 1. The van der Waals surface area contributed by atoms with Crippen molar-refractivity contribution in [3.63, 3.8) is 0 Å². The Morgan fingerprint density at radius 1 is 1.23 bits per heavy atom. The number of hydrogen-bond acceptors (Lipinski definition) is 8. The van der Waals surface area contributed by atoms with E-state index in [9.17, 15) is 15.0 Å². The van der Waals surface area contributed by atoms with Crippen LogP contribution >= 0.6 is 11.6 Å². The van der Waals surface area contributed by atoms with E-state index in [1.807, 2.05) is 30.3 Å². The van der Waals surface area contributed by atoms with Crippen LogP contribution in [-0.2, 0) is 5.72 Å². The number of carbonyl (C=O) groups is 1. The third-order valence-electron chi connectivity index (χ3n) is 4.48. The van der Waals surface area contributed by atoms with E-state index < -0.39 is 11.7 Å². The largest absolute Gasteiger partial charge is 0.477 e. The molecule has 1 aromatic carbocycles. The summed E-state index contributed by atoms with van der Waals surface area (Å²) < 4.78 is 1.44. The number of anilines is 2. The minimum atomic E-state index is -1.80. The number of fused-ring (bicyclic) bond motifs is 1. The predicted molar refractivity (Wildman–Crippen MR) is 110 cm³/mol. The maximum atomic E-state index is 11.6. The van der Waals surface area contributed by atoms with Crippen LogP contribution in [0.3, 0.4) is 0 Å². The van der Waals surface area contributed by atoms with Crippen molar-refractivity contribution in [1.82, 2.24) is 24.6 Å². The molecule has 4 aromatic rings. The first kappa shape index (κ1) is 19.6. The van der Waals surface area contributed by atoms with Gasteiger partial charge in [0, 0.05) is 11.1 Å². The number of nitrogens with zero attached hydrogens (tertiary/aromatic N) is 5. The molecule has 0 spiro atoms. The SMILES string of the molecule is C[C@@](O)(Nc1ncnc(N)c1C(=O)O)c1cc2ncc(Cl)n2nc1-c1ccccc1. The molecular weight excluding hydrogens is 410 g/mol. The average Bonchev–Trinajstić information content (AvgIpc) is 3.07. The van der Waals surface area contributed by atoms with E-state index in [0.717, 1.165) is 6.33 Å². The van der Waals surface area contributed by atoms with Gasteiger partial charge in [-0.25, -0.2) is 24.3 Å². The van der Waals surface area contributed by atoms with E-state index in [1.54, 1.807) is 6.07 Å². The quantitative estimate of drug-likeness (QED) is 0.353. The van der Waals surface area contributed by atoms with Crippen molar-refractivity contribution >= 4 is 34.9 Å². The molecule has 0 aliphatic rings. The van der Waals surface area contributed by atoms with Crippen LogP contribution in [0.1, 0.15) is 22.8 Å². The molecule has 0 saturated carbocycles. The minimum absolute atomic E-state index is 0.139. The Bertz CT molecular complexity index is 1260. The summed E-state index contributed by atoms with van der Waals surface area (Å²) in [5, 5.41) is 28.4. The maximum absolute atomic E-state index is 11.6. The zero-order valence-corrected chi connectivity index (χ0v) is 16.4. The Kier molecular flexibility index (Phi) is 4.72. The first-order valence-electron chi connectivity index (χ1n) is 8.72. The van der Waals surface area contributed by atoms with Crippen LogP contribution in [0.2, 0.25) is 5.15 Å². The summed E-state index contributed by atoms with van der Waals surface area (Å²) in [6.07, 6.45) is 2.55. The zero-order chi connectivity index (χ0) is 21.5. The zero-order valence-electron chi connectivity index (χ0n) is 15.6. The summed E-state index contributed by atoms with van der Waals surface area (Å²) in [4.78, 5) is 23.4. The van der Waals surface area contributed by atoms with Gasteiger partial charge in [0.05, 0.1) is 11.9 Å². The molecule has 3 heterocycles. The van der Waals surface area contributed by atoms with Gasteiger partial charge in [-0.3, -0.25) is 0 Å². The highest BCUT2D eigenvalue weighted by Crippen LogP contribution is 2.33. The average molecular weight is 426 g/mol. The Morgan fingerprint density at radius 3 is 2.67 bits per heavy atom. The Labute approximate surface area is 175 Å². The number of halogens is 1. The van der Waals surface area contributed by atoms with Crippen molar-refractivity contribution in [1.29, 1.82) is 0 Å². The molecule has 3 aromatic heterocycles. The van der Waals surface area contributed by atoms with Gasteiger partial charge < -0.3 is 21.3 Å². The normalized spacial score (nSPS) is 13.2. The fourth-order valence-corrected chi connectivity index (χ4v) is 3.24. The molecule has 0 fully saturated rings. The molecule has 0 amide bonds. The van der Waals surface area contributed by atoms with Crippen molar-refractivity contribution < 1.29 is 15.0 Å². The van der Waals surface area contributed by atoms with Gasteiger partial charge in [-0.1, -0.05) is 41.9 Å². The molecule has 1 atom stereocenters. The highest BCUT2D eigenvalue weighted by atomic mass is 35.5. The first-order chi connectivity index (χ1) is 14.3. The fourth-order valence-electron chi connectivity index (χ4n) is 3.07. The minimum Gasteiger partial charge on any atom is -0.477 e. The van der Waals surface area contributed by atoms with Crippen LogP contribution in [0.4, 0.5) is 11.6 Å². The number of aromatic nitrogens is 5. The maximum Gasteiger partial charge on any atom is 0.343 e. The van der Waals surface area contributed by atoms with Gasteiger partial charge in [-0.15, -0.1) is 0 Å².